The van der Waals surface area contributed by atoms with Crippen LogP contribution in [0.25, 0.3) is 28.0 Å². The maximum Gasteiger partial charge on any atom is 0.165 e. The number of benzene rings is 1. The van der Waals surface area contributed by atoms with Crippen LogP contribution in [0.3, 0.4) is 0 Å². The normalized spacial score (nSPS) is 12.3. The van der Waals surface area contributed by atoms with Gasteiger partial charge in [0.2, 0.25) is 0 Å². The third kappa shape index (κ3) is 4.75. The van der Waals surface area contributed by atoms with Gasteiger partial charge in [-0.1, -0.05) is 50.2 Å². The van der Waals surface area contributed by atoms with E-state index in [9.17, 15) is 0 Å². The molecule has 160 valence electrons. The Kier molecular flexibility index (Phi) is 6.57. The lowest BCUT2D eigenvalue weighted by atomic mass is 10.1. The number of anilines is 1. The van der Waals surface area contributed by atoms with E-state index in [4.69, 9.17) is 10.7 Å². The van der Waals surface area contributed by atoms with Crippen molar-refractivity contribution in [3.63, 3.8) is 0 Å². The first kappa shape index (κ1) is 21.0. The number of aryl methyl sites for hydroxylation is 1. The van der Waals surface area contributed by atoms with Gasteiger partial charge in [0.1, 0.15) is 5.82 Å². The molecule has 6 nitrogen and oxygen atoms in total. The molecule has 0 bridgehead atoms. The fourth-order valence-corrected chi connectivity index (χ4v) is 3.82. The molecule has 0 saturated carbocycles. The Morgan fingerprint density at radius 3 is 2.58 bits per heavy atom. The second-order valence-electron chi connectivity index (χ2n) is 7.86. The molecule has 1 atom stereocenters. The molecular weight excluding hydrogens is 384 g/mol. The van der Waals surface area contributed by atoms with Gasteiger partial charge < -0.3 is 11.1 Å². The lowest BCUT2D eigenvalue weighted by molar-refractivity contribution is 0.466. The molecule has 0 spiro atoms. The van der Waals surface area contributed by atoms with E-state index in [1.54, 1.807) is 4.52 Å². The average molecular weight is 415 g/mol. The first-order chi connectivity index (χ1) is 15.2. The van der Waals surface area contributed by atoms with Gasteiger partial charge in [0.25, 0.3) is 0 Å². The molecule has 0 unspecified atom stereocenters. The minimum Gasteiger partial charge on any atom is -0.384 e. The molecule has 0 fully saturated rings. The van der Waals surface area contributed by atoms with Crippen LogP contribution in [-0.4, -0.2) is 32.2 Å². The first-order valence-corrected chi connectivity index (χ1v) is 11.1. The molecule has 31 heavy (non-hydrogen) atoms. The Balaban J connectivity index is 1.59. The van der Waals surface area contributed by atoms with Gasteiger partial charge in [-0.15, -0.1) is 0 Å². The van der Waals surface area contributed by atoms with Crippen molar-refractivity contribution in [2.24, 2.45) is 0 Å². The van der Waals surface area contributed by atoms with Crippen molar-refractivity contribution in [3.05, 3.63) is 66.6 Å². The lowest BCUT2D eigenvalue weighted by Crippen LogP contribution is -2.29. The zero-order valence-corrected chi connectivity index (χ0v) is 18.3. The molecule has 0 radical (unpaired) electrons. The van der Waals surface area contributed by atoms with Crippen molar-refractivity contribution in [1.82, 2.24) is 24.9 Å². The zero-order chi connectivity index (χ0) is 21.6. The molecule has 3 heterocycles. The molecule has 3 N–H and O–H groups in total. The summed E-state index contributed by atoms with van der Waals surface area (Å²) in [4.78, 5) is 9.56. The Bertz CT molecular complexity index is 1120. The summed E-state index contributed by atoms with van der Waals surface area (Å²) < 4.78 is 1.70. The predicted molar refractivity (Wildman–Crippen MR) is 127 cm³/mol. The molecule has 4 rings (SSSR count). The number of aromatic nitrogens is 4. The summed E-state index contributed by atoms with van der Waals surface area (Å²) in [6.07, 6.45) is 7.87. The van der Waals surface area contributed by atoms with E-state index >= 15 is 0 Å². The fraction of sp³-hybridized carbons (Fsp3) is 0.320. The average Bonchev–Trinajstić information content (AvgIpc) is 3.24. The number of rotatable bonds is 9. The van der Waals surface area contributed by atoms with E-state index in [2.05, 4.69) is 47.4 Å². The molecule has 3 aromatic heterocycles. The highest BCUT2D eigenvalue weighted by atomic mass is 15.3. The number of nitrogen functional groups attached to an aromatic ring is 1. The van der Waals surface area contributed by atoms with Crippen molar-refractivity contribution in [3.8, 4) is 22.4 Å². The summed E-state index contributed by atoms with van der Waals surface area (Å²) in [6.45, 7) is 5.46. The Labute approximate surface area is 183 Å². The molecule has 0 aliphatic carbocycles. The highest BCUT2D eigenvalue weighted by molar-refractivity contribution is 5.78. The Morgan fingerprint density at radius 2 is 1.87 bits per heavy atom. The SMILES string of the molecule is CCCN[C@H](CC)CCc1cc(N)n2ncc(-c3ccc(-c4ccccc4)nc3)c2n1. The minimum absolute atomic E-state index is 0.498. The van der Waals surface area contributed by atoms with Crippen LogP contribution in [0.2, 0.25) is 0 Å². The summed E-state index contributed by atoms with van der Waals surface area (Å²) >= 11 is 0. The molecule has 0 saturated heterocycles. The number of hydrogen-bond donors (Lipinski definition) is 2. The van der Waals surface area contributed by atoms with Crippen LogP contribution >= 0.6 is 0 Å². The number of nitrogens with zero attached hydrogens (tertiary/aromatic N) is 4. The third-order valence-electron chi connectivity index (χ3n) is 5.62. The van der Waals surface area contributed by atoms with Gasteiger partial charge >= 0.3 is 0 Å². The topological polar surface area (TPSA) is 81.1 Å². The number of hydrogen-bond acceptors (Lipinski definition) is 5. The van der Waals surface area contributed by atoms with Crippen molar-refractivity contribution in [2.45, 2.75) is 45.6 Å². The summed E-state index contributed by atoms with van der Waals surface area (Å²) in [6, 6.07) is 16.7. The second kappa shape index (κ2) is 9.71. The van der Waals surface area contributed by atoms with Crippen molar-refractivity contribution < 1.29 is 0 Å². The van der Waals surface area contributed by atoms with Gasteiger partial charge in [0, 0.05) is 40.7 Å². The van der Waals surface area contributed by atoms with Crippen LogP contribution in [0.15, 0.2) is 60.9 Å². The summed E-state index contributed by atoms with van der Waals surface area (Å²) in [5.74, 6) is 0.606. The molecule has 0 aliphatic heterocycles. The number of nitrogens with two attached hydrogens (primary N) is 1. The third-order valence-corrected chi connectivity index (χ3v) is 5.62. The highest BCUT2D eigenvalue weighted by Gasteiger charge is 2.14. The van der Waals surface area contributed by atoms with E-state index in [-0.39, 0.29) is 0 Å². The van der Waals surface area contributed by atoms with Gasteiger partial charge in [0.05, 0.1) is 11.9 Å². The summed E-state index contributed by atoms with van der Waals surface area (Å²) in [7, 11) is 0. The molecule has 0 amide bonds. The van der Waals surface area contributed by atoms with Crippen molar-refractivity contribution >= 4 is 11.5 Å². The van der Waals surface area contributed by atoms with Crippen LogP contribution in [0.1, 0.15) is 38.8 Å². The zero-order valence-electron chi connectivity index (χ0n) is 18.3. The van der Waals surface area contributed by atoms with Crippen LogP contribution in [0.4, 0.5) is 5.82 Å². The predicted octanol–water partition coefficient (Wildman–Crippen LogP) is 4.75. The maximum atomic E-state index is 6.30. The van der Waals surface area contributed by atoms with E-state index < -0.39 is 0 Å². The van der Waals surface area contributed by atoms with Gasteiger partial charge in [-0.2, -0.15) is 9.61 Å². The monoisotopic (exact) mass is 414 g/mol. The molecule has 6 heteroatoms. The van der Waals surface area contributed by atoms with E-state index in [0.29, 0.717) is 11.9 Å². The maximum absolute atomic E-state index is 6.30. The fourth-order valence-electron chi connectivity index (χ4n) is 3.82. The molecule has 0 aliphatic rings. The van der Waals surface area contributed by atoms with Gasteiger partial charge in [-0.25, -0.2) is 4.98 Å². The first-order valence-electron chi connectivity index (χ1n) is 11.1. The van der Waals surface area contributed by atoms with Gasteiger partial charge in [-0.3, -0.25) is 4.98 Å². The quantitative estimate of drug-likeness (QED) is 0.413. The Morgan fingerprint density at radius 1 is 1.03 bits per heavy atom. The van der Waals surface area contributed by atoms with Crippen molar-refractivity contribution in [1.29, 1.82) is 0 Å². The van der Waals surface area contributed by atoms with Crippen LogP contribution in [0.5, 0.6) is 0 Å². The summed E-state index contributed by atoms with van der Waals surface area (Å²) in [5, 5.41) is 8.06. The van der Waals surface area contributed by atoms with Crippen LogP contribution in [0, 0.1) is 0 Å². The number of fused-ring (bicyclic) bond motifs is 1. The molecule has 1 aromatic carbocycles. The van der Waals surface area contributed by atoms with E-state index in [1.807, 2.05) is 42.7 Å². The second-order valence-corrected chi connectivity index (χ2v) is 7.86. The largest absolute Gasteiger partial charge is 0.384 e. The van der Waals surface area contributed by atoms with E-state index in [0.717, 1.165) is 66.0 Å². The minimum atomic E-state index is 0.498. The van der Waals surface area contributed by atoms with Crippen LogP contribution in [-0.2, 0) is 6.42 Å². The standard InChI is InChI=1S/C25H30N6/c1-3-14-27-20(4-2)11-12-21-15-24(26)31-25(30-21)22(17-29-31)19-10-13-23(28-16-19)18-8-6-5-7-9-18/h5-10,13,15-17,20,27H,3-4,11-12,14,26H2,1-2H3/t20-/m1/s1. The highest BCUT2D eigenvalue weighted by Crippen LogP contribution is 2.27. The van der Waals surface area contributed by atoms with Gasteiger partial charge in [-0.05, 0) is 38.3 Å². The molecular formula is C25H30N6. The molecule has 4 aromatic rings. The van der Waals surface area contributed by atoms with Crippen molar-refractivity contribution in [2.75, 3.05) is 12.3 Å². The van der Waals surface area contributed by atoms with Crippen LogP contribution < -0.4 is 11.1 Å². The Hall–Kier alpha value is -3.25. The number of pyridine rings is 1. The smallest absolute Gasteiger partial charge is 0.165 e. The number of nitrogens with one attached hydrogen (secondary N) is 1. The summed E-state index contributed by atoms with van der Waals surface area (Å²) in [5.41, 5.74) is 12.0. The lowest BCUT2D eigenvalue weighted by Gasteiger charge is -2.16. The van der Waals surface area contributed by atoms with Gasteiger partial charge in [0.15, 0.2) is 5.65 Å². The van der Waals surface area contributed by atoms with E-state index in [1.165, 1.54) is 0 Å².